The van der Waals surface area contributed by atoms with E-state index in [2.05, 4.69) is 0 Å². The molecule has 1 aliphatic rings. The zero-order valence-corrected chi connectivity index (χ0v) is 9.06. The second kappa shape index (κ2) is 3.73. The monoisotopic (exact) mass is 220 g/mol. The number of ketones is 1. The first kappa shape index (κ1) is 10.9. The summed E-state index contributed by atoms with van der Waals surface area (Å²) in [5.74, 6) is -1.37. The van der Waals surface area contributed by atoms with Gasteiger partial charge in [0.15, 0.2) is 5.78 Å². The molecule has 0 amide bonds. The molecule has 0 atom stereocenters. The number of hydrogen-bond acceptors (Lipinski definition) is 4. The highest BCUT2D eigenvalue weighted by molar-refractivity contribution is 6.07. The number of rotatable bonds is 2. The van der Waals surface area contributed by atoms with Crippen LogP contribution in [0.3, 0.4) is 0 Å². The highest BCUT2D eigenvalue weighted by Gasteiger charge is 2.38. The molecule has 0 saturated carbocycles. The maximum Gasteiger partial charge on any atom is 0.219 e. The molecule has 0 aliphatic heterocycles. The Bertz CT molecular complexity index is 458. The van der Waals surface area contributed by atoms with Crippen LogP contribution in [0.15, 0.2) is 30.4 Å². The number of phenolic OH excluding ortho intramolecular Hbond substituents is 1. The molecule has 0 heterocycles. The zero-order chi connectivity index (χ0) is 11.8. The van der Waals surface area contributed by atoms with E-state index < -0.39 is 5.79 Å². The summed E-state index contributed by atoms with van der Waals surface area (Å²) in [6, 6.07) is 4.74. The first-order valence-corrected chi connectivity index (χ1v) is 4.81. The SMILES string of the molecule is COC1(OC)C=CC(=O)c2cccc(O)c21. The van der Waals surface area contributed by atoms with Crippen molar-refractivity contribution in [3.63, 3.8) is 0 Å². The summed E-state index contributed by atoms with van der Waals surface area (Å²) in [5.41, 5.74) is 0.749. The van der Waals surface area contributed by atoms with Crippen LogP contribution < -0.4 is 0 Å². The normalized spacial score (nSPS) is 17.2. The van der Waals surface area contributed by atoms with Gasteiger partial charge in [0.25, 0.3) is 0 Å². The number of phenols is 1. The largest absolute Gasteiger partial charge is 0.507 e. The van der Waals surface area contributed by atoms with E-state index in [1.165, 1.54) is 32.4 Å². The Morgan fingerprint density at radius 2 is 1.94 bits per heavy atom. The third kappa shape index (κ3) is 1.35. The van der Waals surface area contributed by atoms with Crippen molar-refractivity contribution in [1.82, 2.24) is 0 Å². The van der Waals surface area contributed by atoms with Crippen molar-refractivity contribution in [2.45, 2.75) is 5.79 Å². The first-order chi connectivity index (χ1) is 7.64. The molecule has 16 heavy (non-hydrogen) atoms. The number of ether oxygens (including phenoxy) is 2. The Hall–Kier alpha value is -1.65. The second-order valence-electron chi connectivity index (χ2n) is 3.47. The van der Waals surface area contributed by atoms with Crippen LogP contribution in [0.4, 0.5) is 0 Å². The van der Waals surface area contributed by atoms with Crippen molar-refractivity contribution in [3.05, 3.63) is 41.5 Å². The fourth-order valence-electron chi connectivity index (χ4n) is 1.89. The van der Waals surface area contributed by atoms with Crippen LogP contribution >= 0.6 is 0 Å². The number of carbonyl (C=O) groups excluding carboxylic acids is 1. The van der Waals surface area contributed by atoms with Crippen LogP contribution in [0.25, 0.3) is 0 Å². The minimum atomic E-state index is -1.19. The van der Waals surface area contributed by atoms with Crippen molar-refractivity contribution in [1.29, 1.82) is 0 Å². The van der Waals surface area contributed by atoms with Crippen LogP contribution in [0, 0.1) is 0 Å². The van der Waals surface area contributed by atoms with Gasteiger partial charge in [-0.15, -0.1) is 0 Å². The maximum atomic E-state index is 11.6. The Kier molecular flexibility index (Phi) is 2.53. The Balaban J connectivity index is 2.72. The van der Waals surface area contributed by atoms with E-state index in [1.54, 1.807) is 12.1 Å². The van der Waals surface area contributed by atoms with Crippen molar-refractivity contribution in [2.75, 3.05) is 14.2 Å². The number of aromatic hydroxyl groups is 1. The summed E-state index contributed by atoms with van der Waals surface area (Å²) in [6.45, 7) is 0. The molecule has 0 radical (unpaired) electrons. The molecule has 1 N–H and O–H groups in total. The van der Waals surface area contributed by atoms with Gasteiger partial charge in [0.1, 0.15) is 5.75 Å². The van der Waals surface area contributed by atoms with Gasteiger partial charge in [-0.1, -0.05) is 12.1 Å². The van der Waals surface area contributed by atoms with Gasteiger partial charge in [0, 0.05) is 19.8 Å². The molecule has 0 spiro atoms. The molecule has 0 saturated heterocycles. The fraction of sp³-hybridized carbons (Fsp3) is 0.250. The van der Waals surface area contributed by atoms with Crippen LogP contribution in [0.2, 0.25) is 0 Å². The van der Waals surface area contributed by atoms with Gasteiger partial charge >= 0.3 is 0 Å². The molecule has 1 aliphatic carbocycles. The highest BCUT2D eigenvalue weighted by atomic mass is 16.7. The van der Waals surface area contributed by atoms with Crippen molar-refractivity contribution >= 4 is 5.78 Å². The Morgan fingerprint density at radius 3 is 2.56 bits per heavy atom. The van der Waals surface area contributed by atoms with Gasteiger partial charge in [-0.2, -0.15) is 0 Å². The van der Waals surface area contributed by atoms with Crippen LogP contribution in [0.1, 0.15) is 15.9 Å². The molecule has 0 aromatic heterocycles. The smallest absolute Gasteiger partial charge is 0.219 e. The summed E-state index contributed by atoms with van der Waals surface area (Å²) in [5, 5.41) is 9.83. The predicted octanol–water partition coefficient (Wildman–Crippen LogP) is 1.59. The molecule has 0 fully saturated rings. The topological polar surface area (TPSA) is 55.8 Å². The van der Waals surface area contributed by atoms with Crippen LogP contribution in [-0.4, -0.2) is 25.1 Å². The van der Waals surface area contributed by atoms with Gasteiger partial charge in [-0.25, -0.2) is 0 Å². The lowest BCUT2D eigenvalue weighted by Crippen LogP contribution is -2.33. The molecular formula is C12H12O4. The number of benzene rings is 1. The summed E-state index contributed by atoms with van der Waals surface area (Å²) >= 11 is 0. The maximum absolute atomic E-state index is 11.6. The van der Waals surface area contributed by atoms with E-state index in [4.69, 9.17) is 9.47 Å². The number of carbonyl (C=O) groups is 1. The second-order valence-corrected chi connectivity index (χ2v) is 3.47. The third-order valence-corrected chi connectivity index (χ3v) is 2.72. The predicted molar refractivity (Wildman–Crippen MR) is 57.3 cm³/mol. The molecule has 2 rings (SSSR count). The number of allylic oxidation sites excluding steroid dienone is 1. The summed E-state index contributed by atoms with van der Waals surface area (Å²) in [4.78, 5) is 11.6. The van der Waals surface area contributed by atoms with E-state index in [1.807, 2.05) is 0 Å². The van der Waals surface area contributed by atoms with Crippen molar-refractivity contribution < 1.29 is 19.4 Å². The standard InChI is InChI=1S/C12H12O4/c1-15-12(16-2)7-6-9(13)8-4-3-5-10(14)11(8)12/h3-7,14H,1-2H3. The van der Waals surface area contributed by atoms with Gasteiger partial charge < -0.3 is 14.6 Å². The van der Waals surface area contributed by atoms with Crippen LogP contribution in [0.5, 0.6) is 5.75 Å². The quantitative estimate of drug-likeness (QED) is 0.769. The molecule has 1 aromatic carbocycles. The molecule has 84 valence electrons. The van der Waals surface area contributed by atoms with Crippen LogP contribution in [-0.2, 0) is 15.3 Å². The van der Waals surface area contributed by atoms with Gasteiger partial charge in [0.05, 0.1) is 5.56 Å². The van der Waals surface area contributed by atoms with Gasteiger partial charge in [-0.05, 0) is 18.2 Å². The van der Waals surface area contributed by atoms with E-state index in [0.717, 1.165) is 0 Å². The zero-order valence-electron chi connectivity index (χ0n) is 9.06. The number of methoxy groups -OCH3 is 2. The number of fused-ring (bicyclic) bond motifs is 1. The molecular weight excluding hydrogens is 208 g/mol. The summed E-state index contributed by atoms with van der Waals surface area (Å²) in [6.07, 6.45) is 2.88. The van der Waals surface area contributed by atoms with Gasteiger partial charge in [-0.3, -0.25) is 4.79 Å². The number of hydrogen-bond donors (Lipinski definition) is 1. The van der Waals surface area contributed by atoms with Crippen molar-refractivity contribution in [2.24, 2.45) is 0 Å². The third-order valence-electron chi connectivity index (χ3n) is 2.72. The Morgan fingerprint density at radius 1 is 1.25 bits per heavy atom. The first-order valence-electron chi connectivity index (χ1n) is 4.81. The van der Waals surface area contributed by atoms with E-state index in [0.29, 0.717) is 11.1 Å². The minimum Gasteiger partial charge on any atom is -0.507 e. The average Bonchev–Trinajstić information content (AvgIpc) is 2.31. The van der Waals surface area contributed by atoms with E-state index in [-0.39, 0.29) is 11.5 Å². The van der Waals surface area contributed by atoms with Gasteiger partial charge in [0.2, 0.25) is 5.79 Å². The molecule has 4 nitrogen and oxygen atoms in total. The van der Waals surface area contributed by atoms with E-state index in [9.17, 15) is 9.90 Å². The minimum absolute atomic E-state index is 0.0149. The fourth-order valence-corrected chi connectivity index (χ4v) is 1.89. The summed E-state index contributed by atoms with van der Waals surface area (Å²) in [7, 11) is 2.92. The highest BCUT2D eigenvalue weighted by Crippen LogP contribution is 2.39. The Labute approximate surface area is 93.1 Å². The lowest BCUT2D eigenvalue weighted by Gasteiger charge is -2.32. The lowest BCUT2D eigenvalue weighted by atomic mass is 9.90. The lowest BCUT2D eigenvalue weighted by molar-refractivity contribution is -0.179. The average molecular weight is 220 g/mol. The summed E-state index contributed by atoms with van der Waals surface area (Å²) < 4.78 is 10.5. The van der Waals surface area contributed by atoms with Crippen molar-refractivity contribution in [3.8, 4) is 5.75 Å². The van der Waals surface area contributed by atoms with E-state index >= 15 is 0 Å². The molecule has 0 bridgehead atoms. The molecule has 4 heteroatoms. The molecule has 1 aromatic rings. The molecule has 0 unspecified atom stereocenters.